The summed E-state index contributed by atoms with van der Waals surface area (Å²) in [7, 11) is 0. The number of rotatable bonds is 4. The fraction of sp³-hybridized carbons (Fsp3) is 0.571. The van der Waals surface area contributed by atoms with Crippen LogP contribution in [0.2, 0.25) is 0 Å². The minimum Gasteiger partial charge on any atom is -0.466 e. The summed E-state index contributed by atoms with van der Waals surface area (Å²) in [6, 6.07) is 5.91. The number of aryl methyl sites for hydroxylation is 1. The molecule has 0 unspecified atom stereocenters. The summed E-state index contributed by atoms with van der Waals surface area (Å²) in [5.74, 6) is -0.564. The highest BCUT2D eigenvalue weighted by atomic mass is 16.5. The van der Waals surface area contributed by atoms with E-state index >= 15 is 0 Å². The molecule has 2 fully saturated rings. The van der Waals surface area contributed by atoms with Gasteiger partial charge in [0.05, 0.1) is 18.4 Å². The van der Waals surface area contributed by atoms with Gasteiger partial charge in [-0.2, -0.15) is 0 Å². The molecule has 1 aromatic carbocycles. The number of carbonyl (C=O) groups is 3. The zero-order chi connectivity index (χ0) is 19.6. The molecule has 0 aromatic heterocycles. The molecule has 1 aromatic rings. The molecule has 0 radical (unpaired) electrons. The Bertz CT molecular complexity index is 738. The van der Waals surface area contributed by atoms with Crippen molar-refractivity contribution < 1.29 is 19.1 Å². The number of likely N-dealkylation sites (tertiary alicyclic amines) is 1. The number of esters is 1. The van der Waals surface area contributed by atoms with Crippen LogP contribution in [0.1, 0.15) is 37.3 Å². The Labute approximate surface area is 160 Å². The largest absolute Gasteiger partial charge is 0.466 e. The highest BCUT2D eigenvalue weighted by molar-refractivity contribution is 6.01. The summed E-state index contributed by atoms with van der Waals surface area (Å²) in [4.78, 5) is 40.9. The monoisotopic (exact) mass is 372 g/mol. The molecule has 3 rings (SSSR count). The molecule has 0 aliphatic carbocycles. The van der Waals surface area contributed by atoms with Crippen LogP contribution < -0.4 is 4.90 Å². The Morgan fingerprint density at radius 2 is 1.85 bits per heavy atom. The quantitative estimate of drug-likeness (QED) is 0.762. The van der Waals surface area contributed by atoms with Crippen molar-refractivity contribution in [3.05, 3.63) is 29.3 Å². The molecule has 146 valence electrons. The van der Waals surface area contributed by atoms with Crippen LogP contribution in [0.25, 0.3) is 0 Å². The Morgan fingerprint density at radius 3 is 2.52 bits per heavy atom. The van der Waals surface area contributed by atoms with Gasteiger partial charge in [-0.1, -0.05) is 12.1 Å². The minimum absolute atomic E-state index is 0.00320. The molecule has 1 atom stereocenters. The molecule has 2 aliphatic heterocycles. The van der Waals surface area contributed by atoms with Crippen LogP contribution in [0.5, 0.6) is 0 Å². The first kappa shape index (κ1) is 19.4. The average molecular weight is 372 g/mol. The van der Waals surface area contributed by atoms with E-state index in [9.17, 15) is 14.4 Å². The van der Waals surface area contributed by atoms with Crippen LogP contribution in [0.3, 0.4) is 0 Å². The van der Waals surface area contributed by atoms with Crippen molar-refractivity contribution in [3.8, 4) is 0 Å². The first-order valence-electron chi connectivity index (χ1n) is 9.74. The number of hydrogen-bond donors (Lipinski definition) is 0. The zero-order valence-corrected chi connectivity index (χ0v) is 16.4. The van der Waals surface area contributed by atoms with E-state index in [1.807, 2.05) is 32.0 Å². The molecule has 6 heteroatoms. The molecule has 6 nitrogen and oxygen atoms in total. The number of hydrogen-bond acceptors (Lipinski definition) is 4. The van der Waals surface area contributed by atoms with Gasteiger partial charge in [-0.3, -0.25) is 14.4 Å². The Kier molecular flexibility index (Phi) is 5.82. The van der Waals surface area contributed by atoms with Gasteiger partial charge in [-0.25, -0.2) is 0 Å². The molecular weight excluding hydrogens is 344 g/mol. The molecule has 27 heavy (non-hydrogen) atoms. The molecule has 0 bridgehead atoms. The Morgan fingerprint density at radius 1 is 1.15 bits per heavy atom. The van der Waals surface area contributed by atoms with Crippen molar-refractivity contribution in [2.24, 2.45) is 11.8 Å². The van der Waals surface area contributed by atoms with Gasteiger partial charge in [0.1, 0.15) is 0 Å². The number of benzene rings is 1. The lowest BCUT2D eigenvalue weighted by Crippen LogP contribution is -2.44. The average Bonchev–Trinajstić information content (AvgIpc) is 3.05. The van der Waals surface area contributed by atoms with Gasteiger partial charge in [0.25, 0.3) is 0 Å². The lowest BCUT2D eigenvalue weighted by molar-refractivity contribution is -0.151. The maximum absolute atomic E-state index is 12.9. The number of amides is 2. The van der Waals surface area contributed by atoms with Gasteiger partial charge in [-0.15, -0.1) is 0 Å². The summed E-state index contributed by atoms with van der Waals surface area (Å²) in [6.07, 6.45) is 1.52. The fourth-order valence-electron chi connectivity index (χ4n) is 3.99. The van der Waals surface area contributed by atoms with Crippen LogP contribution >= 0.6 is 0 Å². The molecule has 2 heterocycles. The summed E-state index contributed by atoms with van der Waals surface area (Å²) in [5, 5.41) is 0. The topological polar surface area (TPSA) is 66.9 Å². The van der Waals surface area contributed by atoms with Crippen LogP contribution in [0.15, 0.2) is 18.2 Å². The van der Waals surface area contributed by atoms with Crippen molar-refractivity contribution in [2.45, 2.75) is 40.0 Å². The highest BCUT2D eigenvalue weighted by Crippen LogP contribution is 2.31. The van der Waals surface area contributed by atoms with Crippen LogP contribution in [-0.4, -0.2) is 48.9 Å². The van der Waals surface area contributed by atoms with Crippen molar-refractivity contribution in [1.29, 1.82) is 0 Å². The van der Waals surface area contributed by atoms with Gasteiger partial charge >= 0.3 is 5.97 Å². The normalized spacial score (nSPS) is 20.9. The van der Waals surface area contributed by atoms with Crippen molar-refractivity contribution in [1.82, 2.24) is 4.90 Å². The third-order valence-corrected chi connectivity index (χ3v) is 5.77. The number of piperidine rings is 1. The lowest BCUT2D eigenvalue weighted by Gasteiger charge is -2.32. The fourth-order valence-corrected chi connectivity index (χ4v) is 3.99. The summed E-state index contributed by atoms with van der Waals surface area (Å²) < 4.78 is 5.08. The van der Waals surface area contributed by atoms with E-state index in [2.05, 4.69) is 0 Å². The molecule has 2 amide bonds. The Hall–Kier alpha value is -2.37. The zero-order valence-electron chi connectivity index (χ0n) is 16.4. The van der Waals surface area contributed by atoms with E-state index < -0.39 is 0 Å². The minimum atomic E-state index is -0.309. The number of anilines is 1. The van der Waals surface area contributed by atoms with Crippen molar-refractivity contribution in [2.75, 3.05) is 31.1 Å². The second-order valence-corrected chi connectivity index (χ2v) is 7.48. The highest BCUT2D eigenvalue weighted by Gasteiger charge is 2.39. The predicted octanol–water partition coefficient (Wildman–Crippen LogP) is 2.46. The standard InChI is InChI=1S/C21H28N2O4/c1-4-27-21(26)16-8-10-22(11-9-16)20(25)17-12-19(24)23(13-17)18-7-5-6-14(2)15(18)3/h5-7,16-17H,4,8-13H2,1-3H3/t17-/m1/s1. The molecule has 0 saturated carbocycles. The Balaban J connectivity index is 1.61. The second kappa shape index (κ2) is 8.11. The summed E-state index contributed by atoms with van der Waals surface area (Å²) in [5.41, 5.74) is 3.11. The smallest absolute Gasteiger partial charge is 0.309 e. The van der Waals surface area contributed by atoms with E-state index in [1.54, 1.807) is 16.7 Å². The molecule has 0 spiro atoms. The number of carbonyl (C=O) groups excluding carboxylic acids is 3. The molecule has 0 N–H and O–H groups in total. The first-order valence-corrected chi connectivity index (χ1v) is 9.74. The number of nitrogens with zero attached hydrogens (tertiary/aromatic N) is 2. The first-order chi connectivity index (χ1) is 12.9. The maximum Gasteiger partial charge on any atom is 0.309 e. The summed E-state index contributed by atoms with van der Waals surface area (Å²) in [6.45, 7) is 7.75. The van der Waals surface area contributed by atoms with Crippen molar-refractivity contribution in [3.63, 3.8) is 0 Å². The van der Waals surface area contributed by atoms with Crippen molar-refractivity contribution >= 4 is 23.5 Å². The molecule has 2 saturated heterocycles. The SMILES string of the molecule is CCOC(=O)C1CCN(C(=O)[C@@H]2CC(=O)N(c3cccc(C)c3C)C2)CC1. The number of ether oxygens (including phenoxy) is 1. The van der Waals surface area contributed by atoms with E-state index in [1.165, 1.54) is 0 Å². The molecule has 2 aliphatic rings. The third-order valence-electron chi connectivity index (χ3n) is 5.77. The van der Waals surface area contributed by atoms with Crippen LogP contribution in [0, 0.1) is 25.7 Å². The van der Waals surface area contributed by atoms with Gasteiger partial charge in [0, 0.05) is 31.7 Å². The van der Waals surface area contributed by atoms with E-state index in [0.29, 0.717) is 39.1 Å². The van der Waals surface area contributed by atoms with Crippen LogP contribution in [0.4, 0.5) is 5.69 Å². The second-order valence-electron chi connectivity index (χ2n) is 7.48. The maximum atomic E-state index is 12.9. The van der Waals surface area contributed by atoms with Crippen LogP contribution in [-0.2, 0) is 19.1 Å². The predicted molar refractivity (Wildman–Crippen MR) is 102 cm³/mol. The molecular formula is C21H28N2O4. The van der Waals surface area contributed by atoms with E-state index in [0.717, 1.165) is 16.8 Å². The summed E-state index contributed by atoms with van der Waals surface area (Å²) >= 11 is 0. The van der Waals surface area contributed by atoms with E-state index in [-0.39, 0.29) is 36.0 Å². The van der Waals surface area contributed by atoms with Gasteiger partial charge in [0.2, 0.25) is 11.8 Å². The third kappa shape index (κ3) is 3.99. The lowest BCUT2D eigenvalue weighted by atomic mass is 9.95. The van der Waals surface area contributed by atoms with E-state index in [4.69, 9.17) is 4.74 Å². The van der Waals surface area contributed by atoms with Gasteiger partial charge in [0.15, 0.2) is 0 Å². The van der Waals surface area contributed by atoms with Gasteiger partial charge in [-0.05, 0) is 50.8 Å². The van der Waals surface area contributed by atoms with Gasteiger partial charge < -0.3 is 14.5 Å².